The van der Waals surface area contributed by atoms with Crippen molar-refractivity contribution in [1.82, 2.24) is 24.6 Å². The summed E-state index contributed by atoms with van der Waals surface area (Å²) in [5.74, 6) is 1.45. The SMILES string of the molecule is COc1cccc2nc(C=Cc3nc4c(C)ncc(C)n4n3)ccc12. The van der Waals surface area contributed by atoms with Crippen LogP contribution in [0.4, 0.5) is 0 Å². The van der Waals surface area contributed by atoms with Crippen molar-refractivity contribution in [2.24, 2.45) is 0 Å². The molecule has 3 heterocycles. The van der Waals surface area contributed by atoms with E-state index in [2.05, 4.69) is 20.1 Å². The number of fused-ring (bicyclic) bond motifs is 2. The molecule has 4 aromatic rings. The number of hydrogen-bond acceptors (Lipinski definition) is 5. The van der Waals surface area contributed by atoms with Crippen LogP contribution >= 0.6 is 0 Å². The van der Waals surface area contributed by atoms with Crippen LogP contribution < -0.4 is 4.74 Å². The first-order chi connectivity index (χ1) is 12.2. The van der Waals surface area contributed by atoms with Gasteiger partial charge in [0, 0.05) is 11.6 Å². The molecule has 0 amide bonds. The van der Waals surface area contributed by atoms with Crippen molar-refractivity contribution in [2.75, 3.05) is 7.11 Å². The predicted molar refractivity (Wildman–Crippen MR) is 97.5 cm³/mol. The molecule has 0 unspecified atom stereocenters. The van der Waals surface area contributed by atoms with Crippen molar-refractivity contribution in [2.45, 2.75) is 13.8 Å². The van der Waals surface area contributed by atoms with Gasteiger partial charge in [-0.05, 0) is 50.3 Å². The van der Waals surface area contributed by atoms with Crippen molar-refractivity contribution in [3.63, 3.8) is 0 Å². The number of nitrogens with zero attached hydrogens (tertiary/aromatic N) is 5. The fraction of sp³-hybridized carbons (Fsp3) is 0.158. The Morgan fingerprint density at radius 2 is 1.92 bits per heavy atom. The maximum absolute atomic E-state index is 5.37. The minimum Gasteiger partial charge on any atom is -0.496 e. The van der Waals surface area contributed by atoms with Crippen LogP contribution in [0.15, 0.2) is 36.5 Å². The monoisotopic (exact) mass is 331 g/mol. The van der Waals surface area contributed by atoms with Gasteiger partial charge in [-0.1, -0.05) is 6.07 Å². The molecule has 124 valence electrons. The number of methoxy groups -OCH3 is 1. The third-order valence-corrected chi connectivity index (χ3v) is 4.06. The summed E-state index contributed by atoms with van der Waals surface area (Å²) in [6.45, 7) is 3.88. The highest BCUT2D eigenvalue weighted by molar-refractivity contribution is 5.86. The van der Waals surface area contributed by atoms with E-state index in [9.17, 15) is 0 Å². The van der Waals surface area contributed by atoms with Gasteiger partial charge in [-0.15, -0.1) is 5.10 Å². The van der Waals surface area contributed by atoms with E-state index in [-0.39, 0.29) is 0 Å². The summed E-state index contributed by atoms with van der Waals surface area (Å²) in [6.07, 6.45) is 5.56. The Morgan fingerprint density at radius 3 is 2.72 bits per heavy atom. The van der Waals surface area contributed by atoms with Crippen molar-refractivity contribution < 1.29 is 4.74 Å². The predicted octanol–water partition coefficient (Wildman–Crippen LogP) is 3.47. The number of hydrogen-bond donors (Lipinski definition) is 0. The largest absolute Gasteiger partial charge is 0.496 e. The van der Waals surface area contributed by atoms with Gasteiger partial charge in [0.05, 0.1) is 29.7 Å². The van der Waals surface area contributed by atoms with Crippen molar-refractivity contribution in [3.8, 4) is 5.75 Å². The Bertz CT molecular complexity index is 1070. The van der Waals surface area contributed by atoms with Crippen molar-refractivity contribution >= 4 is 28.7 Å². The van der Waals surface area contributed by atoms with Crippen molar-refractivity contribution in [1.29, 1.82) is 0 Å². The first-order valence-electron chi connectivity index (χ1n) is 7.96. The molecule has 0 saturated heterocycles. The third kappa shape index (κ3) is 2.71. The maximum Gasteiger partial charge on any atom is 0.177 e. The fourth-order valence-electron chi connectivity index (χ4n) is 2.75. The number of rotatable bonds is 3. The zero-order chi connectivity index (χ0) is 17.4. The van der Waals surface area contributed by atoms with Crippen LogP contribution in [0.5, 0.6) is 5.75 Å². The van der Waals surface area contributed by atoms with E-state index >= 15 is 0 Å². The highest BCUT2D eigenvalue weighted by atomic mass is 16.5. The first-order valence-corrected chi connectivity index (χ1v) is 7.96. The Labute approximate surface area is 144 Å². The molecular formula is C19H17N5O. The highest BCUT2D eigenvalue weighted by Crippen LogP contribution is 2.24. The summed E-state index contributed by atoms with van der Waals surface area (Å²) in [5.41, 5.74) is 4.31. The Morgan fingerprint density at radius 1 is 1.04 bits per heavy atom. The number of benzene rings is 1. The van der Waals surface area contributed by atoms with Crippen LogP contribution in [0.2, 0.25) is 0 Å². The van der Waals surface area contributed by atoms with E-state index in [1.165, 1.54) is 0 Å². The average molecular weight is 331 g/mol. The van der Waals surface area contributed by atoms with Gasteiger partial charge in [0.2, 0.25) is 0 Å². The molecule has 0 atom stereocenters. The molecule has 0 N–H and O–H groups in total. The molecule has 0 spiro atoms. The summed E-state index contributed by atoms with van der Waals surface area (Å²) in [7, 11) is 1.66. The quantitative estimate of drug-likeness (QED) is 0.575. The molecule has 6 heteroatoms. The molecule has 0 aliphatic carbocycles. The number of aryl methyl sites for hydroxylation is 2. The lowest BCUT2D eigenvalue weighted by Gasteiger charge is -2.04. The maximum atomic E-state index is 5.37. The molecule has 6 nitrogen and oxygen atoms in total. The van der Waals surface area contributed by atoms with Gasteiger partial charge in [0.15, 0.2) is 11.5 Å². The lowest BCUT2D eigenvalue weighted by atomic mass is 10.2. The molecule has 4 rings (SSSR count). The Kier molecular flexibility index (Phi) is 3.65. The highest BCUT2D eigenvalue weighted by Gasteiger charge is 2.07. The molecule has 3 aromatic heterocycles. The first kappa shape index (κ1) is 15.3. The average Bonchev–Trinajstić information content (AvgIpc) is 3.08. The van der Waals surface area contributed by atoms with E-state index in [0.717, 1.165) is 39.4 Å². The zero-order valence-corrected chi connectivity index (χ0v) is 14.3. The molecule has 0 aliphatic rings. The van der Waals surface area contributed by atoms with Gasteiger partial charge >= 0.3 is 0 Å². The second-order valence-corrected chi connectivity index (χ2v) is 5.79. The normalized spacial score (nSPS) is 11.6. The van der Waals surface area contributed by atoms with Crippen LogP contribution in [0.3, 0.4) is 0 Å². The Hall–Kier alpha value is -3.28. The lowest BCUT2D eigenvalue weighted by molar-refractivity contribution is 0.420. The minimum atomic E-state index is 0.631. The van der Waals surface area contributed by atoms with Gasteiger partial charge in [-0.25, -0.2) is 14.5 Å². The van der Waals surface area contributed by atoms with E-state index in [1.54, 1.807) is 17.8 Å². The van der Waals surface area contributed by atoms with Gasteiger partial charge in [-0.2, -0.15) is 0 Å². The minimum absolute atomic E-state index is 0.631. The molecule has 0 fully saturated rings. The van der Waals surface area contributed by atoms with Gasteiger partial charge in [0.1, 0.15) is 5.75 Å². The van der Waals surface area contributed by atoms with Gasteiger partial charge < -0.3 is 4.74 Å². The molecular weight excluding hydrogens is 314 g/mol. The third-order valence-electron chi connectivity index (χ3n) is 4.06. The summed E-state index contributed by atoms with van der Waals surface area (Å²) in [6, 6.07) is 9.80. The molecule has 0 bridgehead atoms. The van der Waals surface area contributed by atoms with Crippen LogP contribution in [0.1, 0.15) is 22.9 Å². The lowest BCUT2D eigenvalue weighted by Crippen LogP contribution is -1.97. The van der Waals surface area contributed by atoms with Crippen LogP contribution in [0, 0.1) is 13.8 Å². The van der Waals surface area contributed by atoms with Gasteiger partial charge in [0.25, 0.3) is 0 Å². The summed E-state index contributed by atoms with van der Waals surface area (Å²) >= 11 is 0. The van der Waals surface area contributed by atoms with Crippen LogP contribution in [-0.2, 0) is 0 Å². The molecule has 0 radical (unpaired) electrons. The zero-order valence-electron chi connectivity index (χ0n) is 14.3. The molecule has 1 aromatic carbocycles. The van der Waals surface area contributed by atoms with E-state index < -0.39 is 0 Å². The second kappa shape index (κ2) is 5.98. The number of aromatic nitrogens is 5. The van der Waals surface area contributed by atoms with Gasteiger partial charge in [-0.3, -0.25) is 4.98 Å². The standard InChI is InChI=1S/C19H17N5O/c1-12-11-20-13(2)19-22-18(23-24(12)19)10-8-14-7-9-15-16(21-14)5-4-6-17(15)25-3/h4-11H,1-3H3. The summed E-state index contributed by atoms with van der Waals surface area (Å²) < 4.78 is 7.17. The molecule has 0 saturated carbocycles. The van der Waals surface area contributed by atoms with E-state index in [1.807, 2.05) is 56.3 Å². The fourth-order valence-corrected chi connectivity index (χ4v) is 2.75. The summed E-state index contributed by atoms with van der Waals surface area (Å²) in [4.78, 5) is 13.5. The smallest absolute Gasteiger partial charge is 0.177 e. The second-order valence-electron chi connectivity index (χ2n) is 5.79. The number of pyridine rings is 1. The van der Waals surface area contributed by atoms with Crippen LogP contribution in [-0.4, -0.2) is 31.7 Å². The van der Waals surface area contributed by atoms with E-state index in [0.29, 0.717) is 5.82 Å². The topological polar surface area (TPSA) is 65.2 Å². The molecule has 0 aliphatic heterocycles. The van der Waals surface area contributed by atoms with Crippen molar-refractivity contribution in [3.05, 3.63) is 59.4 Å². The van der Waals surface area contributed by atoms with Crippen LogP contribution in [0.25, 0.3) is 28.7 Å². The molecule has 25 heavy (non-hydrogen) atoms. The van der Waals surface area contributed by atoms with E-state index in [4.69, 9.17) is 4.74 Å². The Balaban J connectivity index is 1.71. The summed E-state index contributed by atoms with van der Waals surface area (Å²) in [5, 5.41) is 5.50. The number of ether oxygens (including phenoxy) is 1.